The number of ether oxygens (including phenoxy) is 1. The van der Waals surface area contributed by atoms with E-state index < -0.39 is 10.0 Å². The molecule has 1 saturated carbocycles. The highest BCUT2D eigenvalue weighted by atomic mass is 35.5. The summed E-state index contributed by atoms with van der Waals surface area (Å²) in [6, 6.07) is 2.82. The zero-order valence-electron chi connectivity index (χ0n) is 14.4. The van der Waals surface area contributed by atoms with Gasteiger partial charge >= 0.3 is 6.01 Å². The van der Waals surface area contributed by atoms with Crippen LogP contribution < -0.4 is 9.46 Å². The molecule has 0 amide bonds. The minimum absolute atomic E-state index is 0.0255. The van der Waals surface area contributed by atoms with Crippen LogP contribution >= 0.6 is 11.6 Å². The van der Waals surface area contributed by atoms with Crippen molar-refractivity contribution in [2.75, 3.05) is 4.72 Å². The third-order valence-corrected chi connectivity index (χ3v) is 6.44. The third-order valence-electron chi connectivity index (χ3n) is 4.86. The Morgan fingerprint density at radius 3 is 2.81 bits per heavy atom. The van der Waals surface area contributed by atoms with E-state index in [0.717, 1.165) is 18.4 Å². The molecular weight excluding hydrogens is 378 g/mol. The van der Waals surface area contributed by atoms with Gasteiger partial charge in [0.2, 0.25) is 5.89 Å². The average molecular weight is 398 g/mol. The predicted octanol–water partition coefficient (Wildman–Crippen LogP) is 3.58. The molecule has 1 aliphatic carbocycles. The Kier molecular flexibility index (Phi) is 4.56. The fourth-order valence-electron chi connectivity index (χ4n) is 3.63. The summed E-state index contributed by atoms with van der Waals surface area (Å²) in [5.74, 6) is 1.55. The number of hydrogen-bond donors (Lipinski definition) is 1. The maximum absolute atomic E-state index is 12.7. The summed E-state index contributed by atoms with van der Waals surface area (Å²) in [5.41, 5.74) is 0.776. The number of sulfonamides is 1. The summed E-state index contributed by atoms with van der Waals surface area (Å²) in [5, 5.41) is 8.04. The van der Waals surface area contributed by atoms with E-state index in [4.69, 9.17) is 20.8 Å². The van der Waals surface area contributed by atoms with E-state index in [1.165, 1.54) is 18.9 Å². The van der Waals surface area contributed by atoms with E-state index in [1.807, 2.05) is 6.92 Å². The topological polar surface area (TPSA) is 94.3 Å². The molecule has 1 atom stereocenters. The molecule has 1 aliphatic heterocycles. The Morgan fingerprint density at radius 2 is 2.04 bits per heavy atom. The molecule has 0 spiro atoms. The van der Waals surface area contributed by atoms with Crippen LogP contribution in [0.3, 0.4) is 0 Å². The van der Waals surface area contributed by atoms with Gasteiger partial charge in [-0.05, 0) is 37.8 Å². The van der Waals surface area contributed by atoms with E-state index in [1.54, 1.807) is 6.07 Å². The first-order valence-electron chi connectivity index (χ1n) is 8.75. The van der Waals surface area contributed by atoms with Gasteiger partial charge in [0.25, 0.3) is 10.0 Å². The first kappa shape index (κ1) is 17.6. The van der Waals surface area contributed by atoms with Gasteiger partial charge in [-0.3, -0.25) is 0 Å². The molecule has 1 aromatic heterocycles. The number of nitrogens with zero attached hydrogens (tertiary/aromatic N) is 2. The van der Waals surface area contributed by atoms with Gasteiger partial charge < -0.3 is 9.15 Å². The van der Waals surface area contributed by atoms with Crippen LogP contribution in [0.1, 0.15) is 44.1 Å². The van der Waals surface area contributed by atoms with Crippen molar-refractivity contribution in [3.63, 3.8) is 0 Å². The molecule has 26 heavy (non-hydrogen) atoms. The Bertz CT molecular complexity index is 922. The van der Waals surface area contributed by atoms with Crippen LogP contribution in [0.15, 0.2) is 21.4 Å². The number of hydrogen-bond acceptors (Lipinski definition) is 6. The maximum atomic E-state index is 12.7. The van der Waals surface area contributed by atoms with Crippen molar-refractivity contribution in [3.8, 4) is 5.75 Å². The Hall–Kier alpha value is -1.80. The second kappa shape index (κ2) is 6.74. The van der Waals surface area contributed by atoms with Crippen molar-refractivity contribution in [2.24, 2.45) is 5.92 Å². The van der Waals surface area contributed by atoms with Gasteiger partial charge in [-0.1, -0.05) is 29.5 Å². The first-order chi connectivity index (χ1) is 12.4. The van der Waals surface area contributed by atoms with E-state index in [-0.39, 0.29) is 22.0 Å². The minimum Gasteiger partial charge on any atom is -0.489 e. The summed E-state index contributed by atoms with van der Waals surface area (Å²) < 4.78 is 38.7. The van der Waals surface area contributed by atoms with Gasteiger partial charge in [0.05, 0.1) is 9.92 Å². The van der Waals surface area contributed by atoms with Crippen LogP contribution in [0.25, 0.3) is 0 Å². The van der Waals surface area contributed by atoms with Gasteiger partial charge in [0.15, 0.2) is 0 Å². The Labute approximate surface area is 157 Å². The lowest BCUT2D eigenvalue weighted by atomic mass is 10.0. The molecule has 2 aromatic rings. The highest BCUT2D eigenvalue weighted by Crippen LogP contribution is 2.38. The van der Waals surface area contributed by atoms with Crippen molar-refractivity contribution in [1.82, 2.24) is 10.2 Å². The molecule has 1 aromatic carbocycles. The van der Waals surface area contributed by atoms with E-state index in [2.05, 4.69) is 14.9 Å². The highest BCUT2D eigenvalue weighted by molar-refractivity contribution is 7.92. The van der Waals surface area contributed by atoms with E-state index in [0.29, 0.717) is 30.4 Å². The van der Waals surface area contributed by atoms with Crippen molar-refractivity contribution < 1.29 is 17.6 Å². The summed E-state index contributed by atoms with van der Waals surface area (Å²) in [7, 11) is -3.88. The van der Waals surface area contributed by atoms with E-state index >= 15 is 0 Å². The molecule has 0 saturated heterocycles. The summed E-state index contributed by atoms with van der Waals surface area (Å²) in [6.07, 6.45) is 6.02. The molecule has 1 fully saturated rings. The first-order valence-corrected chi connectivity index (χ1v) is 10.6. The average Bonchev–Trinajstić information content (AvgIpc) is 3.29. The van der Waals surface area contributed by atoms with Crippen LogP contribution in [0.5, 0.6) is 5.75 Å². The number of anilines is 1. The molecule has 9 heteroatoms. The minimum atomic E-state index is -3.88. The molecule has 1 unspecified atom stereocenters. The van der Waals surface area contributed by atoms with Crippen molar-refractivity contribution >= 4 is 27.6 Å². The largest absolute Gasteiger partial charge is 0.489 e. The number of rotatable bonds is 5. The highest BCUT2D eigenvalue weighted by Gasteiger charge is 2.27. The summed E-state index contributed by atoms with van der Waals surface area (Å²) >= 11 is 6.18. The second-order valence-corrected chi connectivity index (χ2v) is 9.08. The van der Waals surface area contributed by atoms with Gasteiger partial charge in [-0.2, -0.15) is 0 Å². The monoisotopic (exact) mass is 397 g/mol. The number of benzene rings is 1. The number of halogens is 1. The van der Waals surface area contributed by atoms with Crippen LogP contribution in [0, 0.1) is 5.92 Å². The fraction of sp³-hybridized carbons (Fsp3) is 0.529. The molecule has 1 N–H and O–H groups in total. The van der Waals surface area contributed by atoms with Crippen LogP contribution in [-0.2, 0) is 22.9 Å². The quantitative estimate of drug-likeness (QED) is 0.828. The van der Waals surface area contributed by atoms with Crippen molar-refractivity contribution in [1.29, 1.82) is 0 Å². The zero-order chi connectivity index (χ0) is 18.3. The lowest BCUT2D eigenvalue weighted by Gasteiger charge is -2.08. The zero-order valence-corrected chi connectivity index (χ0v) is 15.9. The lowest BCUT2D eigenvalue weighted by molar-refractivity contribution is 0.255. The SMILES string of the molecule is CC1Cc2cc(S(=O)(=O)Nc3nnc(CC4CCCC4)o3)cc(Cl)c2O1. The molecule has 2 aliphatic rings. The molecular formula is C17H20ClN3O4S. The van der Waals surface area contributed by atoms with Crippen molar-refractivity contribution in [2.45, 2.75) is 56.4 Å². The predicted molar refractivity (Wildman–Crippen MR) is 96.0 cm³/mol. The van der Waals surface area contributed by atoms with Crippen molar-refractivity contribution in [3.05, 3.63) is 28.6 Å². The molecule has 0 bridgehead atoms. The third kappa shape index (κ3) is 3.53. The normalized spacial score (nSPS) is 20.2. The smallest absolute Gasteiger partial charge is 0.329 e. The van der Waals surface area contributed by atoms with Crippen LogP contribution in [-0.4, -0.2) is 24.7 Å². The summed E-state index contributed by atoms with van der Waals surface area (Å²) in [4.78, 5) is 0.0505. The van der Waals surface area contributed by atoms with Crippen LogP contribution in [0.2, 0.25) is 5.02 Å². The Morgan fingerprint density at radius 1 is 1.27 bits per heavy atom. The van der Waals surface area contributed by atoms with Gasteiger partial charge in [0.1, 0.15) is 11.9 Å². The number of fused-ring (bicyclic) bond motifs is 1. The fourth-order valence-corrected chi connectivity index (χ4v) is 4.98. The maximum Gasteiger partial charge on any atom is 0.329 e. The van der Waals surface area contributed by atoms with Gasteiger partial charge in [-0.15, -0.1) is 5.10 Å². The number of aromatic nitrogens is 2. The molecule has 0 radical (unpaired) electrons. The molecule has 2 heterocycles. The summed E-state index contributed by atoms with van der Waals surface area (Å²) in [6.45, 7) is 1.91. The molecule has 4 rings (SSSR count). The van der Waals surface area contributed by atoms with Crippen LogP contribution in [0.4, 0.5) is 6.01 Å². The second-order valence-electron chi connectivity index (χ2n) is 6.99. The standard InChI is InChI=1S/C17H20ClN3O4S/c1-10-6-12-8-13(9-14(18)16(12)24-10)26(22,23)21-17-20-19-15(25-17)7-11-4-2-3-5-11/h8-11H,2-7H2,1H3,(H,20,21). The van der Waals surface area contributed by atoms with Gasteiger partial charge in [-0.25, -0.2) is 13.1 Å². The Balaban J connectivity index is 1.52. The number of nitrogens with one attached hydrogen (secondary N) is 1. The van der Waals surface area contributed by atoms with Gasteiger partial charge in [0, 0.05) is 18.4 Å². The molecule has 140 valence electrons. The molecule has 7 nitrogen and oxygen atoms in total. The lowest BCUT2D eigenvalue weighted by Crippen LogP contribution is -2.13. The van der Waals surface area contributed by atoms with E-state index in [9.17, 15) is 8.42 Å².